The summed E-state index contributed by atoms with van der Waals surface area (Å²) in [4.78, 5) is 11.5. The van der Waals surface area contributed by atoms with Gasteiger partial charge in [-0.05, 0) is 44.5 Å². The van der Waals surface area contributed by atoms with E-state index in [9.17, 15) is 13.2 Å². The van der Waals surface area contributed by atoms with E-state index in [4.69, 9.17) is 9.94 Å². The highest BCUT2D eigenvalue weighted by Gasteiger charge is 2.26. The number of nitrogens with zero attached hydrogens (tertiary/aromatic N) is 1. The molecule has 0 atom stereocenters. The van der Waals surface area contributed by atoms with Crippen LogP contribution in [0, 0.1) is 0 Å². The van der Waals surface area contributed by atoms with Crippen LogP contribution in [0.5, 0.6) is 5.75 Å². The lowest BCUT2D eigenvalue weighted by molar-refractivity contribution is -0.129. The summed E-state index contributed by atoms with van der Waals surface area (Å²) >= 11 is 0. The number of nitrogens with one attached hydrogen (secondary N) is 1. The maximum Gasteiger partial charge on any atom is 0.258 e. The number of benzene rings is 1. The molecule has 0 heterocycles. The van der Waals surface area contributed by atoms with Crippen molar-refractivity contribution in [2.75, 3.05) is 13.1 Å². The molecule has 0 fully saturated rings. The molecule has 0 radical (unpaired) electrons. The van der Waals surface area contributed by atoms with Crippen LogP contribution in [0.1, 0.15) is 40.0 Å². The van der Waals surface area contributed by atoms with Crippen molar-refractivity contribution >= 4 is 15.9 Å². The van der Waals surface area contributed by atoms with Gasteiger partial charge < -0.3 is 4.74 Å². The van der Waals surface area contributed by atoms with Crippen LogP contribution in [-0.2, 0) is 14.8 Å². The van der Waals surface area contributed by atoms with Crippen molar-refractivity contribution in [3.8, 4) is 5.75 Å². The summed E-state index contributed by atoms with van der Waals surface area (Å²) in [7, 11) is -3.83. The monoisotopic (exact) mass is 358 g/mol. The van der Waals surface area contributed by atoms with Gasteiger partial charge in [-0.25, -0.2) is 13.9 Å². The Morgan fingerprint density at radius 1 is 1.25 bits per heavy atom. The molecule has 0 aliphatic rings. The Labute approximate surface area is 143 Å². The van der Waals surface area contributed by atoms with Gasteiger partial charge in [-0.2, -0.15) is 4.31 Å². The molecule has 7 nitrogen and oxygen atoms in total. The first-order valence-corrected chi connectivity index (χ1v) is 9.45. The number of hydroxylamine groups is 1. The van der Waals surface area contributed by atoms with E-state index in [1.807, 2.05) is 20.8 Å². The quantitative estimate of drug-likeness (QED) is 0.380. The van der Waals surface area contributed by atoms with Gasteiger partial charge >= 0.3 is 0 Å². The summed E-state index contributed by atoms with van der Waals surface area (Å²) < 4.78 is 32.0. The molecule has 1 aromatic carbocycles. The Balaban J connectivity index is 2.98. The number of hydrogen-bond acceptors (Lipinski definition) is 5. The molecule has 8 heteroatoms. The Hall–Kier alpha value is -1.64. The van der Waals surface area contributed by atoms with Gasteiger partial charge in [0.1, 0.15) is 5.75 Å². The molecule has 0 aromatic heterocycles. The molecule has 1 amide bonds. The predicted octanol–water partition coefficient (Wildman–Crippen LogP) is 2.16. The highest BCUT2D eigenvalue weighted by molar-refractivity contribution is 7.89. The SMILES string of the molecule is CCCCCN(CC(=O)NO)S(=O)(=O)c1ccc(OC(C)C)cc1. The van der Waals surface area contributed by atoms with E-state index in [1.54, 1.807) is 12.1 Å². The van der Waals surface area contributed by atoms with Crippen molar-refractivity contribution < 1.29 is 23.2 Å². The van der Waals surface area contributed by atoms with Gasteiger partial charge in [-0.3, -0.25) is 10.0 Å². The molecule has 136 valence electrons. The van der Waals surface area contributed by atoms with Gasteiger partial charge in [0.2, 0.25) is 10.0 Å². The molecular formula is C16H26N2O5S. The largest absolute Gasteiger partial charge is 0.491 e. The van der Waals surface area contributed by atoms with Crippen LogP contribution in [0.25, 0.3) is 0 Å². The fourth-order valence-electron chi connectivity index (χ4n) is 2.13. The van der Waals surface area contributed by atoms with E-state index in [-0.39, 0.29) is 17.5 Å². The number of carbonyl (C=O) groups is 1. The number of hydrogen-bond donors (Lipinski definition) is 2. The van der Waals surface area contributed by atoms with Crippen molar-refractivity contribution in [3.63, 3.8) is 0 Å². The average molecular weight is 358 g/mol. The summed E-state index contributed by atoms with van der Waals surface area (Å²) in [6, 6.07) is 6.08. The van der Waals surface area contributed by atoms with Gasteiger partial charge in [0, 0.05) is 6.54 Å². The smallest absolute Gasteiger partial charge is 0.258 e. The van der Waals surface area contributed by atoms with E-state index < -0.39 is 22.5 Å². The highest BCUT2D eigenvalue weighted by atomic mass is 32.2. The molecule has 0 saturated heterocycles. The summed E-state index contributed by atoms with van der Waals surface area (Å²) in [6.07, 6.45) is 2.42. The Kier molecular flexibility index (Phi) is 8.17. The lowest BCUT2D eigenvalue weighted by atomic mass is 10.2. The summed E-state index contributed by atoms with van der Waals surface area (Å²) in [5, 5.41) is 8.67. The lowest BCUT2D eigenvalue weighted by Gasteiger charge is -2.21. The molecule has 0 saturated carbocycles. The summed E-state index contributed by atoms with van der Waals surface area (Å²) in [5.41, 5.74) is 1.48. The van der Waals surface area contributed by atoms with Crippen LogP contribution in [0.15, 0.2) is 29.2 Å². The fraction of sp³-hybridized carbons (Fsp3) is 0.562. The first-order valence-electron chi connectivity index (χ1n) is 8.01. The van der Waals surface area contributed by atoms with E-state index >= 15 is 0 Å². The van der Waals surface area contributed by atoms with Gasteiger partial charge in [0.05, 0.1) is 17.5 Å². The highest BCUT2D eigenvalue weighted by Crippen LogP contribution is 2.21. The van der Waals surface area contributed by atoms with Gasteiger partial charge in [-0.1, -0.05) is 19.8 Å². The first kappa shape index (κ1) is 20.4. The van der Waals surface area contributed by atoms with Crippen LogP contribution in [-0.4, -0.2) is 43.0 Å². The zero-order valence-electron chi connectivity index (χ0n) is 14.4. The lowest BCUT2D eigenvalue weighted by Crippen LogP contribution is -2.40. The zero-order valence-corrected chi connectivity index (χ0v) is 15.2. The van der Waals surface area contributed by atoms with E-state index in [0.717, 1.165) is 17.1 Å². The molecule has 0 aliphatic heterocycles. The molecular weight excluding hydrogens is 332 g/mol. The van der Waals surface area contributed by atoms with Crippen LogP contribution < -0.4 is 10.2 Å². The van der Waals surface area contributed by atoms with Crippen molar-refractivity contribution in [3.05, 3.63) is 24.3 Å². The third-order valence-electron chi connectivity index (χ3n) is 3.29. The summed E-state index contributed by atoms with van der Waals surface area (Å²) in [5.74, 6) is -0.190. The molecule has 0 unspecified atom stereocenters. The second kappa shape index (κ2) is 9.61. The van der Waals surface area contributed by atoms with E-state index in [2.05, 4.69) is 0 Å². The molecule has 24 heavy (non-hydrogen) atoms. The second-order valence-corrected chi connectivity index (χ2v) is 7.66. The Morgan fingerprint density at radius 2 is 1.88 bits per heavy atom. The maximum atomic E-state index is 12.7. The molecule has 1 aromatic rings. The van der Waals surface area contributed by atoms with Crippen LogP contribution in [0.3, 0.4) is 0 Å². The number of amides is 1. The number of sulfonamides is 1. The van der Waals surface area contributed by atoms with Crippen LogP contribution in [0.2, 0.25) is 0 Å². The number of carbonyl (C=O) groups excluding carboxylic acids is 1. The molecule has 0 aliphatic carbocycles. The molecule has 1 rings (SSSR count). The average Bonchev–Trinajstić information content (AvgIpc) is 2.53. The standard InChI is InChI=1S/C16H26N2O5S/c1-4-5-6-11-18(12-16(19)17-20)24(21,22)15-9-7-14(8-10-15)23-13(2)3/h7-10,13,20H,4-6,11-12H2,1-3H3,(H,17,19). The van der Waals surface area contributed by atoms with E-state index in [0.29, 0.717) is 12.2 Å². The van der Waals surface area contributed by atoms with Gasteiger partial charge in [0.25, 0.3) is 5.91 Å². The minimum atomic E-state index is -3.83. The molecule has 0 bridgehead atoms. The van der Waals surface area contributed by atoms with Crippen molar-refractivity contribution in [2.24, 2.45) is 0 Å². The fourth-order valence-corrected chi connectivity index (χ4v) is 3.56. The van der Waals surface area contributed by atoms with Crippen molar-refractivity contribution in [1.82, 2.24) is 9.79 Å². The van der Waals surface area contributed by atoms with Crippen LogP contribution in [0.4, 0.5) is 0 Å². The zero-order chi connectivity index (χ0) is 18.2. The number of rotatable bonds is 10. The van der Waals surface area contributed by atoms with Crippen molar-refractivity contribution in [2.45, 2.75) is 51.0 Å². The second-order valence-electron chi connectivity index (χ2n) is 5.72. The third-order valence-corrected chi connectivity index (χ3v) is 5.15. The maximum absolute atomic E-state index is 12.7. The predicted molar refractivity (Wildman–Crippen MR) is 90.4 cm³/mol. The van der Waals surface area contributed by atoms with Gasteiger partial charge in [0.15, 0.2) is 0 Å². The normalized spacial score (nSPS) is 11.8. The third kappa shape index (κ3) is 6.10. The first-order chi connectivity index (χ1) is 11.3. The molecule has 2 N–H and O–H groups in total. The number of unbranched alkanes of at least 4 members (excludes halogenated alkanes) is 2. The Morgan fingerprint density at radius 3 is 2.38 bits per heavy atom. The van der Waals surface area contributed by atoms with E-state index in [1.165, 1.54) is 17.6 Å². The minimum absolute atomic E-state index is 0.00810. The number of ether oxygens (including phenoxy) is 1. The van der Waals surface area contributed by atoms with Crippen molar-refractivity contribution in [1.29, 1.82) is 0 Å². The minimum Gasteiger partial charge on any atom is -0.491 e. The summed E-state index contributed by atoms with van der Waals surface area (Å²) in [6.45, 7) is 5.56. The van der Waals surface area contributed by atoms with Gasteiger partial charge in [-0.15, -0.1) is 0 Å². The van der Waals surface area contributed by atoms with Crippen LogP contribution >= 0.6 is 0 Å². The topological polar surface area (TPSA) is 95.9 Å². The Bertz CT molecular complexity index is 614. The molecule has 0 spiro atoms.